The quantitative estimate of drug-likeness (QED) is 0.796. The summed E-state index contributed by atoms with van der Waals surface area (Å²) in [6.07, 6.45) is 2.51. The lowest BCUT2D eigenvalue weighted by Crippen LogP contribution is -2.20. The molecule has 2 aromatic rings. The van der Waals surface area contributed by atoms with Crippen molar-refractivity contribution in [1.82, 2.24) is 0 Å². The summed E-state index contributed by atoms with van der Waals surface area (Å²) in [5.74, 6) is 1.23. The lowest BCUT2D eigenvalue weighted by atomic mass is 10.1. The molecule has 22 heavy (non-hydrogen) atoms. The van der Waals surface area contributed by atoms with E-state index in [1.165, 1.54) is 0 Å². The highest BCUT2D eigenvalue weighted by Crippen LogP contribution is 2.19. The Hall–Kier alpha value is -2.75. The number of nitrogens with one attached hydrogen (secondary N) is 1. The molecule has 0 atom stereocenters. The number of carbonyl (C=O) groups excluding carboxylic acids is 1. The Labute approximate surface area is 130 Å². The highest BCUT2D eigenvalue weighted by Gasteiger charge is 2.06. The predicted octanol–water partition coefficient (Wildman–Crippen LogP) is 3.44. The number of amides is 1. The molecule has 0 saturated carbocycles. The third-order valence-corrected chi connectivity index (χ3v) is 3.07. The summed E-state index contributed by atoms with van der Waals surface area (Å²) >= 11 is 0. The van der Waals surface area contributed by atoms with Crippen LogP contribution in [0, 0.1) is 0 Å². The maximum atomic E-state index is 11.9. The van der Waals surface area contributed by atoms with E-state index in [-0.39, 0.29) is 12.5 Å². The van der Waals surface area contributed by atoms with Gasteiger partial charge in [-0.15, -0.1) is 6.58 Å². The molecule has 0 aliphatic carbocycles. The van der Waals surface area contributed by atoms with Gasteiger partial charge < -0.3 is 14.8 Å². The van der Waals surface area contributed by atoms with E-state index in [2.05, 4.69) is 11.9 Å². The molecule has 0 heterocycles. The molecule has 0 aromatic heterocycles. The fraction of sp³-hybridized carbons (Fsp3) is 0.167. The van der Waals surface area contributed by atoms with Gasteiger partial charge >= 0.3 is 0 Å². The molecule has 1 N–H and O–H groups in total. The molecule has 0 aliphatic heterocycles. The summed E-state index contributed by atoms with van der Waals surface area (Å²) in [6.45, 7) is 3.68. The number of carbonyl (C=O) groups is 1. The van der Waals surface area contributed by atoms with Crippen LogP contribution in [0.4, 0.5) is 5.69 Å². The Morgan fingerprint density at radius 3 is 2.59 bits per heavy atom. The first-order valence-corrected chi connectivity index (χ1v) is 6.98. The molecule has 1 amide bonds. The van der Waals surface area contributed by atoms with Crippen LogP contribution in [-0.4, -0.2) is 19.6 Å². The normalized spacial score (nSPS) is 9.86. The van der Waals surface area contributed by atoms with Gasteiger partial charge in [-0.25, -0.2) is 0 Å². The van der Waals surface area contributed by atoms with Crippen LogP contribution in [0.2, 0.25) is 0 Å². The van der Waals surface area contributed by atoms with Gasteiger partial charge in [-0.2, -0.15) is 0 Å². The van der Waals surface area contributed by atoms with Crippen molar-refractivity contribution in [1.29, 1.82) is 0 Å². The summed E-state index contributed by atoms with van der Waals surface area (Å²) < 4.78 is 10.7. The topological polar surface area (TPSA) is 47.6 Å². The molecule has 0 fully saturated rings. The van der Waals surface area contributed by atoms with Crippen LogP contribution in [0.25, 0.3) is 0 Å². The minimum atomic E-state index is -0.210. The van der Waals surface area contributed by atoms with Gasteiger partial charge in [-0.1, -0.05) is 24.3 Å². The van der Waals surface area contributed by atoms with Crippen molar-refractivity contribution in [3.63, 3.8) is 0 Å². The predicted molar refractivity (Wildman–Crippen MR) is 87.5 cm³/mol. The number of anilines is 1. The van der Waals surface area contributed by atoms with Gasteiger partial charge in [0.05, 0.1) is 7.11 Å². The summed E-state index contributed by atoms with van der Waals surface area (Å²) in [7, 11) is 1.60. The number of allylic oxidation sites excluding steroid dienone is 1. The Balaban J connectivity index is 1.91. The molecule has 0 saturated heterocycles. The van der Waals surface area contributed by atoms with E-state index in [0.29, 0.717) is 17.9 Å². The first-order chi connectivity index (χ1) is 10.7. The van der Waals surface area contributed by atoms with Gasteiger partial charge in [0.2, 0.25) is 0 Å². The van der Waals surface area contributed by atoms with Crippen LogP contribution in [0.15, 0.2) is 61.2 Å². The molecule has 2 rings (SSSR count). The SMILES string of the molecule is C=CCc1ccccc1OCC(=O)Nc1ccc(OC)cc1. The molecule has 0 spiro atoms. The van der Waals surface area contributed by atoms with E-state index < -0.39 is 0 Å². The third kappa shape index (κ3) is 4.38. The van der Waals surface area contributed by atoms with Gasteiger partial charge in [0.25, 0.3) is 5.91 Å². The summed E-state index contributed by atoms with van der Waals surface area (Å²) in [6, 6.07) is 14.8. The molecular formula is C18H19NO3. The number of benzene rings is 2. The molecule has 0 aliphatic rings. The van der Waals surface area contributed by atoms with Crippen molar-refractivity contribution in [3.05, 3.63) is 66.7 Å². The smallest absolute Gasteiger partial charge is 0.262 e. The highest BCUT2D eigenvalue weighted by atomic mass is 16.5. The lowest BCUT2D eigenvalue weighted by molar-refractivity contribution is -0.118. The Kier molecular flexibility index (Phi) is 5.60. The molecular weight excluding hydrogens is 278 g/mol. The molecule has 4 heteroatoms. The van der Waals surface area contributed by atoms with Crippen LogP contribution in [-0.2, 0) is 11.2 Å². The number of rotatable bonds is 7. The largest absolute Gasteiger partial charge is 0.497 e. The maximum Gasteiger partial charge on any atom is 0.262 e. The molecule has 0 bridgehead atoms. The molecule has 0 unspecified atom stereocenters. The van der Waals surface area contributed by atoms with E-state index in [1.54, 1.807) is 37.5 Å². The number of para-hydroxylation sites is 1. The summed E-state index contributed by atoms with van der Waals surface area (Å²) in [4.78, 5) is 11.9. The van der Waals surface area contributed by atoms with Gasteiger partial charge in [-0.05, 0) is 42.3 Å². The second kappa shape index (κ2) is 7.88. The van der Waals surface area contributed by atoms with Crippen LogP contribution in [0.1, 0.15) is 5.56 Å². The van der Waals surface area contributed by atoms with E-state index in [0.717, 1.165) is 11.3 Å². The van der Waals surface area contributed by atoms with Gasteiger partial charge in [0, 0.05) is 5.69 Å². The van der Waals surface area contributed by atoms with Crippen molar-refractivity contribution in [2.24, 2.45) is 0 Å². The average Bonchev–Trinajstić information content (AvgIpc) is 2.55. The lowest BCUT2D eigenvalue weighted by Gasteiger charge is -2.11. The molecule has 114 valence electrons. The zero-order valence-electron chi connectivity index (χ0n) is 12.5. The van der Waals surface area contributed by atoms with Crippen LogP contribution < -0.4 is 14.8 Å². The summed E-state index contributed by atoms with van der Waals surface area (Å²) in [5, 5.41) is 2.78. The zero-order valence-corrected chi connectivity index (χ0v) is 12.5. The molecule has 4 nitrogen and oxygen atoms in total. The van der Waals surface area contributed by atoms with E-state index >= 15 is 0 Å². The van der Waals surface area contributed by atoms with Crippen molar-refractivity contribution in [2.75, 3.05) is 19.0 Å². The zero-order chi connectivity index (χ0) is 15.8. The van der Waals surface area contributed by atoms with E-state index in [1.807, 2.05) is 24.3 Å². The van der Waals surface area contributed by atoms with Crippen molar-refractivity contribution < 1.29 is 14.3 Å². The number of hydrogen-bond acceptors (Lipinski definition) is 3. The van der Waals surface area contributed by atoms with Gasteiger partial charge in [-0.3, -0.25) is 4.79 Å². The van der Waals surface area contributed by atoms with Gasteiger partial charge in [0.15, 0.2) is 6.61 Å². The van der Waals surface area contributed by atoms with E-state index in [9.17, 15) is 4.79 Å². The van der Waals surface area contributed by atoms with E-state index in [4.69, 9.17) is 9.47 Å². The summed E-state index contributed by atoms with van der Waals surface area (Å²) in [5.41, 5.74) is 1.71. The van der Waals surface area contributed by atoms with Crippen LogP contribution >= 0.6 is 0 Å². The van der Waals surface area contributed by atoms with Crippen LogP contribution in [0.3, 0.4) is 0 Å². The highest BCUT2D eigenvalue weighted by molar-refractivity contribution is 5.91. The Morgan fingerprint density at radius 1 is 1.18 bits per heavy atom. The first kappa shape index (κ1) is 15.6. The first-order valence-electron chi connectivity index (χ1n) is 6.98. The minimum Gasteiger partial charge on any atom is -0.497 e. The number of hydrogen-bond donors (Lipinski definition) is 1. The second-order valence-corrected chi connectivity index (χ2v) is 4.67. The second-order valence-electron chi connectivity index (χ2n) is 4.67. The third-order valence-electron chi connectivity index (χ3n) is 3.07. The molecule has 0 radical (unpaired) electrons. The maximum absolute atomic E-state index is 11.9. The Bertz CT molecular complexity index is 635. The van der Waals surface area contributed by atoms with Gasteiger partial charge in [0.1, 0.15) is 11.5 Å². The minimum absolute atomic E-state index is 0.0415. The standard InChI is InChI=1S/C18H19NO3/c1-3-6-14-7-4-5-8-17(14)22-13-18(20)19-15-9-11-16(21-2)12-10-15/h3-5,7-12H,1,6,13H2,2H3,(H,19,20). The fourth-order valence-corrected chi connectivity index (χ4v) is 1.98. The Morgan fingerprint density at radius 2 is 1.91 bits per heavy atom. The van der Waals surface area contributed by atoms with Crippen molar-refractivity contribution >= 4 is 11.6 Å². The van der Waals surface area contributed by atoms with Crippen molar-refractivity contribution in [2.45, 2.75) is 6.42 Å². The number of ether oxygens (including phenoxy) is 2. The fourth-order valence-electron chi connectivity index (χ4n) is 1.98. The molecule has 2 aromatic carbocycles. The van der Waals surface area contributed by atoms with Crippen LogP contribution in [0.5, 0.6) is 11.5 Å². The van der Waals surface area contributed by atoms with Crippen molar-refractivity contribution in [3.8, 4) is 11.5 Å². The monoisotopic (exact) mass is 297 g/mol. The average molecular weight is 297 g/mol. The number of methoxy groups -OCH3 is 1.